The molecule has 0 spiro atoms. The predicted octanol–water partition coefficient (Wildman–Crippen LogP) is 3.51. The molecule has 3 nitrogen and oxygen atoms in total. The summed E-state index contributed by atoms with van der Waals surface area (Å²) in [7, 11) is 1.77. The van der Waals surface area contributed by atoms with E-state index in [4.69, 9.17) is 4.74 Å². The van der Waals surface area contributed by atoms with Gasteiger partial charge >= 0.3 is 0 Å². The zero-order chi connectivity index (χ0) is 13.7. The largest absolute Gasteiger partial charge is 0.385 e. The van der Waals surface area contributed by atoms with Crippen molar-refractivity contribution in [1.82, 2.24) is 0 Å². The first-order chi connectivity index (χ1) is 9.11. The second-order valence-electron chi connectivity index (χ2n) is 5.88. The molecular weight excluding hydrogens is 236 g/mol. The molecule has 1 aliphatic heterocycles. The molecule has 1 heterocycles. The lowest BCUT2D eigenvalue weighted by molar-refractivity contribution is 0.0185. The van der Waals surface area contributed by atoms with Crippen molar-refractivity contribution in [2.24, 2.45) is 0 Å². The van der Waals surface area contributed by atoms with E-state index in [-0.39, 0.29) is 5.60 Å². The second kappa shape index (κ2) is 6.29. The summed E-state index contributed by atoms with van der Waals surface area (Å²) >= 11 is 0. The fourth-order valence-corrected chi connectivity index (χ4v) is 2.38. The lowest BCUT2D eigenvalue weighted by Gasteiger charge is -2.23. The number of hydrogen-bond acceptors (Lipinski definition) is 3. The van der Waals surface area contributed by atoms with Gasteiger partial charge in [0.05, 0.1) is 5.60 Å². The summed E-state index contributed by atoms with van der Waals surface area (Å²) in [6.45, 7) is 7.57. The third kappa shape index (κ3) is 4.13. The SMILES string of the molecule is COC(C)(C)CCNc1ccc(N2CCCC2)cc1. The van der Waals surface area contributed by atoms with Gasteiger partial charge in [-0.2, -0.15) is 0 Å². The molecule has 1 saturated heterocycles. The Morgan fingerprint density at radius 1 is 1.16 bits per heavy atom. The fourth-order valence-electron chi connectivity index (χ4n) is 2.38. The van der Waals surface area contributed by atoms with Crippen molar-refractivity contribution in [1.29, 1.82) is 0 Å². The molecule has 2 rings (SSSR count). The number of anilines is 2. The summed E-state index contributed by atoms with van der Waals surface area (Å²) in [5.74, 6) is 0. The van der Waals surface area contributed by atoms with Crippen LogP contribution in [0.25, 0.3) is 0 Å². The number of ether oxygens (including phenoxy) is 1. The highest BCUT2D eigenvalue weighted by Crippen LogP contribution is 2.22. The van der Waals surface area contributed by atoms with Crippen molar-refractivity contribution in [2.75, 3.05) is 37.0 Å². The van der Waals surface area contributed by atoms with Crippen molar-refractivity contribution in [3.63, 3.8) is 0 Å². The lowest BCUT2D eigenvalue weighted by atomic mass is 10.1. The van der Waals surface area contributed by atoms with E-state index in [0.717, 1.165) is 13.0 Å². The van der Waals surface area contributed by atoms with Crippen LogP contribution in [-0.4, -0.2) is 32.3 Å². The molecule has 0 amide bonds. The molecule has 3 heteroatoms. The van der Waals surface area contributed by atoms with Crippen LogP contribution in [-0.2, 0) is 4.74 Å². The third-order valence-electron chi connectivity index (χ3n) is 3.95. The van der Waals surface area contributed by atoms with Crippen molar-refractivity contribution in [3.05, 3.63) is 24.3 Å². The summed E-state index contributed by atoms with van der Waals surface area (Å²) < 4.78 is 5.42. The third-order valence-corrected chi connectivity index (χ3v) is 3.95. The van der Waals surface area contributed by atoms with Crippen molar-refractivity contribution in [3.8, 4) is 0 Å². The lowest BCUT2D eigenvalue weighted by Crippen LogP contribution is -2.25. The molecule has 106 valence electrons. The molecule has 0 unspecified atom stereocenters. The van der Waals surface area contributed by atoms with Crippen LogP contribution in [0.5, 0.6) is 0 Å². The van der Waals surface area contributed by atoms with Crippen LogP contribution in [0.15, 0.2) is 24.3 Å². The zero-order valence-electron chi connectivity index (χ0n) is 12.4. The number of hydrogen-bond donors (Lipinski definition) is 1. The van der Waals surface area contributed by atoms with Gasteiger partial charge in [0, 0.05) is 38.1 Å². The maximum Gasteiger partial charge on any atom is 0.0639 e. The molecule has 1 aliphatic rings. The van der Waals surface area contributed by atoms with Gasteiger partial charge < -0.3 is 15.0 Å². The van der Waals surface area contributed by atoms with Crippen LogP contribution in [0.2, 0.25) is 0 Å². The average Bonchev–Trinajstić information content (AvgIpc) is 2.93. The molecule has 0 aromatic heterocycles. The van der Waals surface area contributed by atoms with Gasteiger partial charge in [0.2, 0.25) is 0 Å². The van der Waals surface area contributed by atoms with Crippen LogP contribution in [0, 0.1) is 0 Å². The van der Waals surface area contributed by atoms with E-state index in [1.165, 1.54) is 37.3 Å². The molecule has 0 saturated carbocycles. The van der Waals surface area contributed by atoms with Crippen molar-refractivity contribution in [2.45, 2.75) is 38.7 Å². The smallest absolute Gasteiger partial charge is 0.0639 e. The molecule has 0 atom stereocenters. The Labute approximate surface area is 116 Å². The minimum Gasteiger partial charge on any atom is -0.385 e. The van der Waals surface area contributed by atoms with E-state index >= 15 is 0 Å². The first kappa shape index (κ1) is 14.2. The monoisotopic (exact) mass is 262 g/mol. The van der Waals surface area contributed by atoms with E-state index in [9.17, 15) is 0 Å². The molecule has 1 aromatic rings. The van der Waals surface area contributed by atoms with E-state index in [0.29, 0.717) is 0 Å². The van der Waals surface area contributed by atoms with Gasteiger partial charge in [0.1, 0.15) is 0 Å². The molecule has 0 aliphatic carbocycles. The number of nitrogens with zero attached hydrogens (tertiary/aromatic N) is 1. The standard InChI is InChI=1S/C16H26N2O/c1-16(2,19-3)10-11-17-14-6-8-15(9-7-14)18-12-4-5-13-18/h6-9,17H,4-5,10-13H2,1-3H3. The molecule has 0 radical (unpaired) electrons. The van der Waals surface area contributed by atoms with E-state index in [1.54, 1.807) is 7.11 Å². The van der Waals surface area contributed by atoms with Gasteiger partial charge in [0.25, 0.3) is 0 Å². The molecular formula is C16H26N2O. The van der Waals surface area contributed by atoms with Crippen molar-refractivity contribution < 1.29 is 4.74 Å². The minimum absolute atomic E-state index is 0.0531. The first-order valence-electron chi connectivity index (χ1n) is 7.25. The van der Waals surface area contributed by atoms with E-state index in [2.05, 4.69) is 48.3 Å². The highest BCUT2D eigenvalue weighted by atomic mass is 16.5. The maximum atomic E-state index is 5.42. The van der Waals surface area contributed by atoms with Gasteiger partial charge in [-0.15, -0.1) is 0 Å². The Balaban J connectivity index is 1.81. The summed E-state index contributed by atoms with van der Waals surface area (Å²) in [6, 6.07) is 8.78. The van der Waals surface area contributed by atoms with Crippen LogP contribution in [0.1, 0.15) is 33.1 Å². The van der Waals surface area contributed by atoms with Gasteiger partial charge in [-0.25, -0.2) is 0 Å². The van der Waals surface area contributed by atoms with Crippen molar-refractivity contribution >= 4 is 11.4 Å². The Morgan fingerprint density at radius 2 is 1.79 bits per heavy atom. The Kier molecular flexibility index (Phi) is 4.70. The number of benzene rings is 1. The average molecular weight is 262 g/mol. The number of rotatable bonds is 6. The highest BCUT2D eigenvalue weighted by Gasteiger charge is 2.15. The number of methoxy groups -OCH3 is 1. The highest BCUT2D eigenvalue weighted by molar-refractivity contribution is 5.55. The topological polar surface area (TPSA) is 24.5 Å². The fraction of sp³-hybridized carbons (Fsp3) is 0.625. The summed E-state index contributed by atoms with van der Waals surface area (Å²) in [4.78, 5) is 2.46. The van der Waals surface area contributed by atoms with Crippen LogP contribution in [0.4, 0.5) is 11.4 Å². The predicted molar refractivity (Wildman–Crippen MR) is 82.1 cm³/mol. The van der Waals surface area contributed by atoms with E-state index in [1.807, 2.05) is 0 Å². The molecule has 1 fully saturated rings. The minimum atomic E-state index is -0.0531. The van der Waals surface area contributed by atoms with Crippen LogP contribution < -0.4 is 10.2 Å². The second-order valence-corrected chi connectivity index (χ2v) is 5.88. The van der Waals surface area contributed by atoms with Crippen LogP contribution in [0.3, 0.4) is 0 Å². The Hall–Kier alpha value is -1.22. The van der Waals surface area contributed by atoms with Gasteiger partial charge in [-0.3, -0.25) is 0 Å². The van der Waals surface area contributed by atoms with Gasteiger partial charge in [-0.1, -0.05) is 0 Å². The summed E-state index contributed by atoms with van der Waals surface area (Å²) in [6.07, 6.45) is 3.65. The van der Waals surface area contributed by atoms with Gasteiger partial charge in [0.15, 0.2) is 0 Å². The summed E-state index contributed by atoms with van der Waals surface area (Å²) in [5.41, 5.74) is 2.48. The van der Waals surface area contributed by atoms with E-state index < -0.39 is 0 Å². The van der Waals surface area contributed by atoms with Crippen LogP contribution >= 0.6 is 0 Å². The number of nitrogens with one attached hydrogen (secondary N) is 1. The van der Waals surface area contributed by atoms with Gasteiger partial charge in [-0.05, 0) is 57.4 Å². The normalized spacial score (nSPS) is 15.8. The summed E-state index contributed by atoms with van der Waals surface area (Å²) in [5, 5.41) is 3.45. The molecule has 0 bridgehead atoms. The Morgan fingerprint density at radius 3 is 2.37 bits per heavy atom. The Bertz CT molecular complexity index is 380. The molecule has 19 heavy (non-hydrogen) atoms. The molecule has 1 N–H and O–H groups in total. The maximum absolute atomic E-state index is 5.42. The zero-order valence-corrected chi connectivity index (χ0v) is 12.4. The quantitative estimate of drug-likeness (QED) is 0.849. The molecule has 1 aromatic carbocycles. The first-order valence-corrected chi connectivity index (χ1v) is 7.25.